The molecule has 1 heterocycles. The molecule has 0 aliphatic carbocycles. The molecule has 0 saturated carbocycles. The Hall–Kier alpha value is -0.0600. The van der Waals surface area contributed by atoms with Gasteiger partial charge in [0.15, 0.2) is 0 Å². The first-order chi connectivity index (χ1) is 8.72. The number of rotatable bonds is 4. The molecule has 1 aliphatic rings. The predicted molar refractivity (Wildman–Crippen MR) is 82.5 cm³/mol. The van der Waals surface area contributed by atoms with Gasteiger partial charge in [-0.05, 0) is 50.0 Å². The molecule has 0 bridgehead atoms. The Morgan fingerprint density at radius 1 is 1.33 bits per heavy atom. The zero-order chi connectivity index (χ0) is 13.0. The quantitative estimate of drug-likeness (QED) is 0.734. The van der Waals surface area contributed by atoms with Crippen LogP contribution in [0.25, 0.3) is 0 Å². The number of nitrogens with zero attached hydrogens (tertiary/aromatic N) is 1. The Labute approximate surface area is 126 Å². The second-order valence-corrected chi connectivity index (χ2v) is 6.39. The molecule has 2 nitrogen and oxygen atoms in total. The van der Waals surface area contributed by atoms with Gasteiger partial charge < -0.3 is 4.74 Å². The molecule has 1 aliphatic heterocycles. The molecule has 0 unspecified atom stereocenters. The maximum absolute atomic E-state index is 5.43. The van der Waals surface area contributed by atoms with Gasteiger partial charge in [0, 0.05) is 21.9 Å². The number of piperidine rings is 1. The Morgan fingerprint density at radius 2 is 2.06 bits per heavy atom. The van der Waals surface area contributed by atoms with Gasteiger partial charge in [0.1, 0.15) is 5.75 Å². The van der Waals surface area contributed by atoms with Crippen molar-refractivity contribution in [1.29, 1.82) is 0 Å². The molecule has 0 N–H and O–H groups in total. The van der Waals surface area contributed by atoms with Gasteiger partial charge in [-0.2, -0.15) is 0 Å². The van der Waals surface area contributed by atoms with Crippen LogP contribution in [0.15, 0.2) is 22.7 Å². The van der Waals surface area contributed by atoms with Crippen molar-refractivity contribution in [2.24, 2.45) is 5.92 Å². The summed E-state index contributed by atoms with van der Waals surface area (Å²) >= 11 is 7.12. The van der Waals surface area contributed by atoms with Crippen molar-refractivity contribution in [1.82, 2.24) is 4.90 Å². The van der Waals surface area contributed by atoms with Gasteiger partial charge in [0.2, 0.25) is 0 Å². The van der Waals surface area contributed by atoms with Crippen molar-refractivity contribution in [2.45, 2.75) is 19.4 Å². The molecular formula is C14H19Br2NO. The zero-order valence-corrected chi connectivity index (χ0v) is 13.8. The zero-order valence-electron chi connectivity index (χ0n) is 10.7. The summed E-state index contributed by atoms with van der Waals surface area (Å²) in [5.74, 6) is 1.84. The fourth-order valence-electron chi connectivity index (χ4n) is 2.41. The SMILES string of the molecule is COc1ccc(Br)cc1CN1CCC(CBr)CC1. The van der Waals surface area contributed by atoms with E-state index in [2.05, 4.69) is 42.8 Å². The number of benzene rings is 1. The topological polar surface area (TPSA) is 12.5 Å². The first kappa shape index (κ1) is 14.4. The van der Waals surface area contributed by atoms with Crippen LogP contribution in [0.1, 0.15) is 18.4 Å². The molecule has 0 atom stereocenters. The largest absolute Gasteiger partial charge is 0.496 e. The second kappa shape index (κ2) is 6.92. The third-order valence-electron chi connectivity index (χ3n) is 3.56. The second-order valence-electron chi connectivity index (χ2n) is 4.83. The molecule has 0 aromatic heterocycles. The molecule has 0 radical (unpaired) electrons. The summed E-state index contributed by atoms with van der Waals surface area (Å²) in [5, 5.41) is 1.14. The fourth-order valence-corrected chi connectivity index (χ4v) is 3.47. The van der Waals surface area contributed by atoms with Crippen LogP contribution in [0, 0.1) is 5.92 Å². The van der Waals surface area contributed by atoms with Gasteiger partial charge in [0.25, 0.3) is 0 Å². The fraction of sp³-hybridized carbons (Fsp3) is 0.571. The smallest absolute Gasteiger partial charge is 0.123 e. The van der Waals surface area contributed by atoms with Gasteiger partial charge in [-0.1, -0.05) is 31.9 Å². The number of alkyl halides is 1. The molecule has 18 heavy (non-hydrogen) atoms. The van der Waals surface area contributed by atoms with E-state index in [-0.39, 0.29) is 0 Å². The lowest BCUT2D eigenvalue weighted by atomic mass is 9.98. The summed E-state index contributed by atoms with van der Waals surface area (Å²) < 4.78 is 6.55. The summed E-state index contributed by atoms with van der Waals surface area (Å²) in [6, 6.07) is 6.22. The lowest BCUT2D eigenvalue weighted by Crippen LogP contribution is -2.33. The van der Waals surface area contributed by atoms with E-state index in [0.717, 1.165) is 28.0 Å². The molecule has 1 fully saturated rings. The van der Waals surface area contributed by atoms with Gasteiger partial charge >= 0.3 is 0 Å². The molecule has 100 valence electrons. The van der Waals surface area contributed by atoms with E-state index in [0.29, 0.717) is 0 Å². The van der Waals surface area contributed by atoms with Crippen LogP contribution in [0.2, 0.25) is 0 Å². The van der Waals surface area contributed by atoms with Crippen molar-refractivity contribution in [2.75, 3.05) is 25.5 Å². The van der Waals surface area contributed by atoms with Crippen LogP contribution in [0.5, 0.6) is 5.75 Å². The molecule has 2 rings (SSSR count). The summed E-state index contributed by atoms with van der Waals surface area (Å²) in [4.78, 5) is 2.52. The summed E-state index contributed by atoms with van der Waals surface area (Å²) in [5.41, 5.74) is 1.27. The highest BCUT2D eigenvalue weighted by Gasteiger charge is 2.19. The molecule has 4 heteroatoms. The number of hydrogen-bond acceptors (Lipinski definition) is 2. The third-order valence-corrected chi connectivity index (χ3v) is 4.97. The highest BCUT2D eigenvalue weighted by Crippen LogP contribution is 2.26. The number of halogens is 2. The Kier molecular flexibility index (Phi) is 5.52. The Bertz CT molecular complexity index is 389. The molecule has 1 aromatic rings. The highest BCUT2D eigenvalue weighted by atomic mass is 79.9. The van der Waals surface area contributed by atoms with Gasteiger partial charge in [-0.15, -0.1) is 0 Å². The summed E-state index contributed by atoms with van der Waals surface area (Å²) in [6.07, 6.45) is 2.59. The first-order valence-corrected chi connectivity index (χ1v) is 8.25. The van der Waals surface area contributed by atoms with Crippen LogP contribution < -0.4 is 4.74 Å². The lowest BCUT2D eigenvalue weighted by molar-refractivity contribution is 0.185. The van der Waals surface area contributed by atoms with E-state index in [1.54, 1.807) is 7.11 Å². The van der Waals surface area contributed by atoms with Crippen LogP contribution in [-0.4, -0.2) is 30.4 Å². The lowest BCUT2D eigenvalue weighted by Gasteiger charge is -2.31. The minimum absolute atomic E-state index is 0.852. The molecule has 0 amide bonds. The van der Waals surface area contributed by atoms with E-state index >= 15 is 0 Å². The Balaban J connectivity index is 1.99. The maximum Gasteiger partial charge on any atom is 0.123 e. The number of hydrogen-bond donors (Lipinski definition) is 0. The number of likely N-dealkylation sites (tertiary alicyclic amines) is 1. The van der Waals surface area contributed by atoms with Crippen molar-refractivity contribution in [3.8, 4) is 5.75 Å². The molecule has 1 saturated heterocycles. The van der Waals surface area contributed by atoms with Crippen LogP contribution in [0.4, 0.5) is 0 Å². The molecular weight excluding hydrogens is 358 g/mol. The minimum atomic E-state index is 0.852. The van der Waals surface area contributed by atoms with Crippen LogP contribution in [0.3, 0.4) is 0 Å². The van der Waals surface area contributed by atoms with Crippen LogP contribution in [-0.2, 0) is 6.54 Å². The van der Waals surface area contributed by atoms with E-state index in [9.17, 15) is 0 Å². The van der Waals surface area contributed by atoms with Crippen molar-refractivity contribution < 1.29 is 4.74 Å². The van der Waals surface area contributed by atoms with E-state index in [1.165, 1.54) is 31.5 Å². The van der Waals surface area contributed by atoms with Crippen molar-refractivity contribution in [3.05, 3.63) is 28.2 Å². The van der Waals surface area contributed by atoms with E-state index in [1.807, 2.05) is 12.1 Å². The van der Waals surface area contributed by atoms with Gasteiger partial charge in [0.05, 0.1) is 7.11 Å². The average molecular weight is 377 g/mol. The number of ether oxygens (including phenoxy) is 1. The first-order valence-electron chi connectivity index (χ1n) is 6.33. The van der Waals surface area contributed by atoms with Crippen molar-refractivity contribution >= 4 is 31.9 Å². The third kappa shape index (κ3) is 3.72. The van der Waals surface area contributed by atoms with E-state index < -0.39 is 0 Å². The summed E-state index contributed by atoms with van der Waals surface area (Å²) in [7, 11) is 1.74. The van der Waals surface area contributed by atoms with Crippen LogP contribution >= 0.6 is 31.9 Å². The monoisotopic (exact) mass is 375 g/mol. The minimum Gasteiger partial charge on any atom is -0.496 e. The normalized spacial score (nSPS) is 17.9. The maximum atomic E-state index is 5.43. The summed E-state index contributed by atoms with van der Waals surface area (Å²) in [6.45, 7) is 3.36. The van der Waals surface area contributed by atoms with Gasteiger partial charge in [-0.3, -0.25) is 4.90 Å². The number of methoxy groups -OCH3 is 1. The van der Waals surface area contributed by atoms with Gasteiger partial charge in [-0.25, -0.2) is 0 Å². The highest BCUT2D eigenvalue weighted by molar-refractivity contribution is 9.10. The molecule has 0 spiro atoms. The predicted octanol–water partition coefficient (Wildman–Crippen LogP) is 4.06. The van der Waals surface area contributed by atoms with Crippen molar-refractivity contribution in [3.63, 3.8) is 0 Å². The molecule has 1 aromatic carbocycles. The standard InChI is InChI=1S/C14H19Br2NO/c1-18-14-3-2-13(16)8-12(14)10-17-6-4-11(9-15)5-7-17/h2-3,8,11H,4-7,9-10H2,1H3. The van der Waals surface area contributed by atoms with E-state index in [4.69, 9.17) is 4.74 Å². The Morgan fingerprint density at radius 3 is 2.67 bits per heavy atom. The average Bonchev–Trinajstić information content (AvgIpc) is 2.40.